The van der Waals surface area contributed by atoms with E-state index in [1.807, 2.05) is 86.8 Å². The summed E-state index contributed by atoms with van der Waals surface area (Å²) in [5, 5.41) is 3.09. The minimum atomic E-state index is -1.67. The fourth-order valence-corrected chi connectivity index (χ4v) is 10.3. The number of hydrogen-bond donors (Lipinski definition) is 0. The van der Waals surface area contributed by atoms with Gasteiger partial charge in [0.2, 0.25) is 0 Å². The van der Waals surface area contributed by atoms with E-state index in [-0.39, 0.29) is 43.7 Å². The summed E-state index contributed by atoms with van der Waals surface area (Å²) in [4.78, 5) is 9.84. The molecule has 3 heterocycles. The molecule has 0 fully saturated rings. The summed E-state index contributed by atoms with van der Waals surface area (Å²) >= 11 is 0. The maximum absolute atomic E-state index is 13.7. The molecule has 345 valence electrons. The van der Waals surface area contributed by atoms with Crippen LogP contribution in [-0.2, 0) is 26.5 Å². The largest absolute Gasteiger partial charge is 0.500 e. The van der Waals surface area contributed by atoms with Gasteiger partial charge in [-0.1, -0.05) is 139 Å². The molecule has 0 saturated carbocycles. The Hall–Kier alpha value is -6.24. The molecule has 0 unspecified atom stereocenters. The molecule has 3 aromatic heterocycles. The van der Waals surface area contributed by atoms with E-state index in [0.29, 0.717) is 0 Å². The number of imidazole rings is 1. The van der Waals surface area contributed by atoms with Crippen molar-refractivity contribution in [2.24, 2.45) is 5.92 Å². The van der Waals surface area contributed by atoms with Gasteiger partial charge >= 0.3 is 0 Å². The Labute approximate surface area is 418 Å². The van der Waals surface area contributed by atoms with Gasteiger partial charge in [0.15, 0.2) is 0 Å². The first-order valence-electron chi connectivity index (χ1n) is 24.3. The summed E-state index contributed by atoms with van der Waals surface area (Å²) in [6, 6.07) is 56.9. The van der Waals surface area contributed by atoms with Gasteiger partial charge in [-0.2, -0.15) is 0 Å². The molecule has 10 aromatic rings. The van der Waals surface area contributed by atoms with Gasteiger partial charge in [-0.05, 0) is 117 Å². The molecule has 0 amide bonds. The van der Waals surface area contributed by atoms with Gasteiger partial charge in [0.1, 0.15) is 11.4 Å². The maximum atomic E-state index is 13.7. The monoisotopic (exact) mass is 1090 g/mol. The molecule has 0 atom stereocenters. The second-order valence-corrected chi connectivity index (χ2v) is 24.4. The number of fused-ring (bicyclic) bond motifs is 4. The van der Waals surface area contributed by atoms with Gasteiger partial charge in [-0.25, -0.2) is 4.39 Å². The van der Waals surface area contributed by atoms with Gasteiger partial charge in [-0.15, -0.1) is 59.7 Å². The molecular formula is C61H58FIrN3OSi-2. The van der Waals surface area contributed by atoms with E-state index in [4.69, 9.17) is 12.1 Å². The molecule has 0 saturated heterocycles. The summed E-state index contributed by atoms with van der Waals surface area (Å²) in [5.41, 5.74) is 15.1. The van der Waals surface area contributed by atoms with Crippen molar-refractivity contribution < 1.29 is 31.7 Å². The van der Waals surface area contributed by atoms with Crippen LogP contribution in [-0.4, -0.2) is 22.6 Å². The summed E-state index contributed by atoms with van der Waals surface area (Å²) in [6.45, 7) is 19.6. The van der Waals surface area contributed by atoms with E-state index < -0.39 is 14.4 Å². The predicted molar refractivity (Wildman–Crippen MR) is 282 cm³/mol. The van der Waals surface area contributed by atoms with Gasteiger partial charge in [-0.3, -0.25) is 4.98 Å². The Balaban J connectivity index is 0.000000242. The zero-order chi connectivity index (χ0) is 48.8. The Bertz CT molecular complexity index is 3420. The Kier molecular flexibility index (Phi) is 13.5. The Morgan fingerprint density at radius 3 is 1.97 bits per heavy atom. The molecule has 0 aliphatic heterocycles. The molecule has 0 bridgehead atoms. The van der Waals surface area contributed by atoms with E-state index >= 15 is 0 Å². The van der Waals surface area contributed by atoms with Crippen molar-refractivity contribution in [3.05, 3.63) is 192 Å². The molecule has 7 aromatic carbocycles. The van der Waals surface area contributed by atoms with Crippen molar-refractivity contribution in [1.82, 2.24) is 14.5 Å². The zero-order valence-corrected chi connectivity index (χ0v) is 43.6. The van der Waals surface area contributed by atoms with Crippen LogP contribution in [0.1, 0.15) is 72.8 Å². The summed E-state index contributed by atoms with van der Waals surface area (Å²) < 4.78 is 39.4. The molecule has 1 radical (unpaired) electrons. The molecule has 0 spiro atoms. The molecule has 4 nitrogen and oxygen atoms in total. The first kappa shape index (κ1) is 45.5. The maximum Gasteiger partial charge on any atom is 0.123 e. The van der Waals surface area contributed by atoms with E-state index in [9.17, 15) is 4.39 Å². The number of rotatable bonds is 10. The van der Waals surface area contributed by atoms with Crippen LogP contribution in [0.25, 0.3) is 83.6 Å². The third-order valence-corrected chi connectivity index (χ3v) is 14.3. The minimum absolute atomic E-state index is 0. The van der Waals surface area contributed by atoms with Crippen LogP contribution in [0.15, 0.2) is 162 Å². The van der Waals surface area contributed by atoms with Crippen molar-refractivity contribution in [2.45, 2.75) is 79.4 Å². The minimum Gasteiger partial charge on any atom is -0.500 e. The molecule has 10 rings (SSSR count). The molecule has 0 aliphatic rings. The van der Waals surface area contributed by atoms with Gasteiger partial charge < -0.3 is 14.0 Å². The van der Waals surface area contributed by atoms with Crippen molar-refractivity contribution in [3.8, 4) is 50.6 Å². The predicted octanol–water partition coefficient (Wildman–Crippen LogP) is 16.4. The standard InChI is InChI=1S/C43H34FN2O.C18H24NSi.Ir/c1-26(2)34-24-32(28-10-6-5-7-11-28)25-35(27(3)4)42(34)46-39-13-9-8-12-38(39)45-43(46)31-17-21-41-37(23-31)36-22-30(16-20-40(36)47-41)29-14-18-33(44)19-15-29;1-14(2)11-16-12-17(15-9-7-6-8-10-15)19-13-18(16)20(3,4)5;/h5-16,18-27H,1-4H3;6-9,12-14H,11H2,1-5H3;/q2*-1;/i;11D2;. The van der Waals surface area contributed by atoms with Crippen LogP contribution in [0.5, 0.6) is 0 Å². The number of para-hydroxylation sites is 2. The second kappa shape index (κ2) is 20.2. The number of halogens is 1. The van der Waals surface area contributed by atoms with Crippen LogP contribution < -0.4 is 5.19 Å². The van der Waals surface area contributed by atoms with Crippen molar-refractivity contribution in [1.29, 1.82) is 0 Å². The molecular weight excluding hydrogens is 1030 g/mol. The average Bonchev–Trinajstić information content (AvgIpc) is 3.92. The first-order valence-corrected chi connectivity index (χ1v) is 26.8. The van der Waals surface area contributed by atoms with Crippen molar-refractivity contribution in [3.63, 3.8) is 0 Å². The van der Waals surface area contributed by atoms with Crippen LogP contribution >= 0.6 is 0 Å². The number of benzene rings is 7. The van der Waals surface area contributed by atoms with Gasteiger partial charge in [0, 0.05) is 40.1 Å². The number of pyridine rings is 1. The fourth-order valence-electron chi connectivity index (χ4n) is 8.90. The van der Waals surface area contributed by atoms with Gasteiger partial charge in [0.25, 0.3) is 0 Å². The van der Waals surface area contributed by atoms with Crippen LogP contribution in [0, 0.1) is 23.9 Å². The number of hydrogen-bond acceptors (Lipinski definition) is 3. The van der Waals surface area contributed by atoms with Crippen LogP contribution in [0.2, 0.25) is 19.6 Å². The summed E-state index contributed by atoms with van der Waals surface area (Å²) in [5.74, 6) is 1.05. The molecule has 7 heteroatoms. The SMILES string of the molecule is CC(C)c1cc(-c2ccccc2)cc(C(C)C)c1-n1c(-c2[c-]cc3oc4ccc(-c5ccc(F)cc5)cc4c3c2)nc2ccccc21.[2H]C([2H])(c1cc(-c2[c-]cccc2)ncc1[Si](C)(C)C)C(C)C.[Ir]. The molecule has 0 aliphatic carbocycles. The Morgan fingerprint density at radius 1 is 0.662 bits per heavy atom. The second-order valence-electron chi connectivity index (χ2n) is 19.3. The fraction of sp³-hybridized carbons (Fsp3) is 0.213. The topological polar surface area (TPSA) is 43.9 Å². The number of furan rings is 1. The third-order valence-electron chi connectivity index (χ3n) is 12.3. The number of nitrogens with zero attached hydrogens (tertiary/aromatic N) is 3. The molecule has 68 heavy (non-hydrogen) atoms. The van der Waals surface area contributed by atoms with Crippen LogP contribution in [0.4, 0.5) is 4.39 Å². The number of aromatic nitrogens is 3. The zero-order valence-electron chi connectivity index (χ0n) is 42.2. The van der Waals surface area contributed by atoms with E-state index in [1.165, 1.54) is 40.1 Å². The van der Waals surface area contributed by atoms with Crippen molar-refractivity contribution in [2.75, 3.05) is 0 Å². The first-order chi connectivity index (χ1) is 33.0. The van der Waals surface area contributed by atoms with Crippen molar-refractivity contribution >= 4 is 46.2 Å². The Morgan fingerprint density at radius 2 is 1.31 bits per heavy atom. The smallest absolute Gasteiger partial charge is 0.123 e. The van der Waals surface area contributed by atoms with E-state index in [2.05, 4.69) is 142 Å². The van der Waals surface area contributed by atoms with Crippen LogP contribution in [0.3, 0.4) is 0 Å². The summed E-state index contributed by atoms with van der Waals surface area (Å²) in [7, 11) is -1.67. The molecule has 0 N–H and O–H groups in total. The normalized spacial score (nSPS) is 12.4. The van der Waals surface area contributed by atoms with E-state index in [1.54, 1.807) is 0 Å². The van der Waals surface area contributed by atoms with E-state index in [0.717, 1.165) is 77.5 Å². The average molecular weight is 1090 g/mol. The van der Waals surface area contributed by atoms with Gasteiger partial charge in [0.05, 0.1) is 30.5 Å². The quantitative estimate of drug-likeness (QED) is 0.101. The third kappa shape index (κ3) is 9.98. The summed E-state index contributed by atoms with van der Waals surface area (Å²) in [6.07, 6.45) is 0.528.